The highest BCUT2D eigenvalue weighted by Gasteiger charge is 2.34. The molecular weight excluding hydrogens is 287 g/mol. The Hall–Kier alpha value is -2.05. The Morgan fingerprint density at radius 3 is 2.24 bits per heavy atom. The van der Waals surface area contributed by atoms with Crippen molar-refractivity contribution in [2.75, 3.05) is 13.1 Å². The van der Waals surface area contributed by atoms with Gasteiger partial charge in [0.15, 0.2) is 0 Å². The normalized spacial score (nSPS) is 11.2. The molecule has 116 valence electrons. The quantitative estimate of drug-likeness (QED) is 0.878. The predicted octanol–water partition coefficient (Wildman–Crippen LogP) is 3.19. The first kappa shape index (κ1) is 17.0. The van der Waals surface area contributed by atoms with E-state index in [1.807, 2.05) is 0 Å². The van der Waals surface area contributed by atoms with Crippen LogP contribution in [-0.2, 0) is 0 Å². The van der Waals surface area contributed by atoms with Crippen LogP contribution < -0.4 is 0 Å². The van der Waals surface area contributed by atoms with Gasteiger partial charge in [-0.2, -0.15) is 13.2 Å². The molecule has 0 aliphatic carbocycles. The van der Waals surface area contributed by atoms with E-state index in [9.17, 15) is 22.8 Å². The maximum absolute atomic E-state index is 12.6. The summed E-state index contributed by atoms with van der Waals surface area (Å²) >= 11 is 0. The summed E-state index contributed by atoms with van der Waals surface area (Å²) in [6.45, 7) is 0.337. The minimum absolute atomic E-state index is 0.0667. The highest BCUT2D eigenvalue weighted by atomic mass is 19.4. The van der Waals surface area contributed by atoms with E-state index in [4.69, 9.17) is 5.11 Å². The Kier molecular flexibility index (Phi) is 5.75. The third kappa shape index (κ3) is 5.09. The first-order chi connectivity index (χ1) is 9.76. The first-order valence-electron chi connectivity index (χ1n) is 6.44. The van der Waals surface area contributed by atoms with Crippen LogP contribution in [0.25, 0.3) is 0 Å². The SMILES string of the molecule is CCCCN(CC(F)(F)F)C(=O)c1ccccc1C(=O)O. The van der Waals surface area contributed by atoms with E-state index in [1.165, 1.54) is 24.3 Å². The molecule has 0 saturated heterocycles. The number of carboxylic acids is 1. The Labute approximate surface area is 120 Å². The Morgan fingerprint density at radius 1 is 1.19 bits per heavy atom. The third-order valence-electron chi connectivity index (χ3n) is 2.83. The second-order valence-electron chi connectivity index (χ2n) is 4.55. The highest BCUT2D eigenvalue weighted by molar-refractivity contribution is 6.04. The smallest absolute Gasteiger partial charge is 0.406 e. The number of benzene rings is 1. The van der Waals surface area contributed by atoms with Gasteiger partial charge in [0.1, 0.15) is 6.54 Å². The minimum atomic E-state index is -4.53. The minimum Gasteiger partial charge on any atom is -0.478 e. The lowest BCUT2D eigenvalue weighted by Crippen LogP contribution is -2.40. The monoisotopic (exact) mass is 303 g/mol. The van der Waals surface area contributed by atoms with E-state index >= 15 is 0 Å². The number of hydrogen-bond acceptors (Lipinski definition) is 2. The Morgan fingerprint density at radius 2 is 1.76 bits per heavy atom. The molecule has 0 radical (unpaired) electrons. The maximum Gasteiger partial charge on any atom is 0.406 e. The second kappa shape index (κ2) is 7.10. The number of alkyl halides is 3. The average Bonchev–Trinajstić information content (AvgIpc) is 2.41. The molecule has 0 spiro atoms. The van der Waals surface area contributed by atoms with Crippen molar-refractivity contribution in [3.63, 3.8) is 0 Å². The van der Waals surface area contributed by atoms with Crippen molar-refractivity contribution in [2.24, 2.45) is 0 Å². The topological polar surface area (TPSA) is 57.6 Å². The number of amides is 1. The molecule has 1 N–H and O–H groups in total. The third-order valence-corrected chi connectivity index (χ3v) is 2.83. The maximum atomic E-state index is 12.6. The van der Waals surface area contributed by atoms with Crippen molar-refractivity contribution < 1.29 is 27.9 Å². The molecule has 1 aromatic carbocycles. The number of aromatic carboxylic acids is 1. The number of unbranched alkanes of at least 4 members (excludes halogenated alkanes) is 1. The Bertz CT molecular complexity index is 514. The van der Waals surface area contributed by atoms with Crippen LogP contribution >= 0.6 is 0 Å². The fourth-order valence-electron chi connectivity index (χ4n) is 1.84. The molecule has 0 unspecified atom stereocenters. The van der Waals surface area contributed by atoms with Gasteiger partial charge in [0.25, 0.3) is 5.91 Å². The van der Waals surface area contributed by atoms with Gasteiger partial charge < -0.3 is 10.0 Å². The van der Waals surface area contributed by atoms with E-state index in [0.717, 1.165) is 0 Å². The van der Waals surface area contributed by atoms with Crippen molar-refractivity contribution in [1.82, 2.24) is 4.90 Å². The number of rotatable bonds is 6. The van der Waals surface area contributed by atoms with Gasteiger partial charge in [-0.05, 0) is 18.6 Å². The summed E-state index contributed by atoms with van der Waals surface area (Å²) in [5.41, 5.74) is -0.531. The summed E-state index contributed by atoms with van der Waals surface area (Å²) in [5, 5.41) is 9.01. The largest absolute Gasteiger partial charge is 0.478 e. The molecule has 1 rings (SSSR count). The van der Waals surface area contributed by atoms with Crippen molar-refractivity contribution in [3.05, 3.63) is 35.4 Å². The number of halogens is 3. The van der Waals surface area contributed by atoms with Crippen molar-refractivity contribution in [1.29, 1.82) is 0 Å². The zero-order valence-electron chi connectivity index (χ0n) is 11.5. The van der Waals surface area contributed by atoms with Gasteiger partial charge >= 0.3 is 12.1 Å². The van der Waals surface area contributed by atoms with Gasteiger partial charge in [-0.3, -0.25) is 4.79 Å². The fraction of sp³-hybridized carbons (Fsp3) is 0.429. The van der Waals surface area contributed by atoms with Crippen LogP contribution in [0.2, 0.25) is 0 Å². The van der Waals surface area contributed by atoms with E-state index in [2.05, 4.69) is 0 Å². The number of hydrogen-bond donors (Lipinski definition) is 1. The average molecular weight is 303 g/mol. The van der Waals surface area contributed by atoms with Crippen LogP contribution in [0.1, 0.15) is 40.5 Å². The lowest BCUT2D eigenvalue weighted by molar-refractivity contribution is -0.140. The second-order valence-corrected chi connectivity index (χ2v) is 4.55. The molecule has 0 saturated carbocycles. The standard InChI is InChI=1S/C14H16F3NO3/c1-2-3-8-18(9-14(15,16)17)12(19)10-6-4-5-7-11(10)13(20)21/h4-7H,2-3,8-9H2,1H3,(H,20,21). The molecule has 21 heavy (non-hydrogen) atoms. The van der Waals surface area contributed by atoms with E-state index in [1.54, 1.807) is 6.92 Å². The Balaban J connectivity index is 3.07. The summed E-state index contributed by atoms with van der Waals surface area (Å²) in [4.78, 5) is 23.9. The molecule has 1 amide bonds. The zero-order valence-corrected chi connectivity index (χ0v) is 11.5. The van der Waals surface area contributed by atoms with Gasteiger partial charge in [0.2, 0.25) is 0 Å². The van der Waals surface area contributed by atoms with E-state index in [-0.39, 0.29) is 17.7 Å². The van der Waals surface area contributed by atoms with Gasteiger partial charge in [0, 0.05) is 6.54 Å². The molecule has 0 heterocycles. The van der Waals surface area contributed by atoms with Gasteiger partial charge in [-0.25, -0.2) is 4.79 Å². The van der Waals surface area contributed by atoms with Crippen molar-refractivity contribution in [3.8, 4) is 0 Å². The summed E-state index contributed by atoms with van der Waals surface area (Å²) in [6.07, 6.45) is -3.49. The summed E-state index contributed by atoms with van der Waals surface area (Å²) in [6, 6.07) is 5.26. The van der Waals surface area contributed by atoms with Crippen molar-refractivity contribution in [2.45, 2.75) is 25.9 Å². The molecule has 1 aromatic rings. The van der Waals surface area contributed by atoms with Crippen LogP contribution in [-0.4, -0.2) is 41.1 Å². The van der Waals surface area contributed by atoms with Crippen LogP contribution in [0.15, 0.2) is 24.3 Å². The first-order valence-corrected chi connectivity index (χ1v) is 6.44. The summed E-state index contributed by atoms with van der Waals surface area (Å²) < 4.78 is 37.7. The lowest BCUT2D eigenvalue weighted by Gasteiger charge is -2.24. The number of carboxylic acid groups (broad SMARTS) is 1. The number of carbonyl (C=O) groups excluding carboxylic acids is 1. The lowest BCUT2D eigenvalue weighted by atomic mass is 10.1. The van der Waals surface area contributed by atoms with Gasteiger partial charge in [-0.15, -0.1) is 0 Å². The van der Waals surface area contributed by atoms with Gasteiger partial charge in [-0.1, -0.05) is 25.5 Å². The van der Waals surface area contributed by atoms with Crippen LogP contribution in [0.4, 0.5) is 13.2 Å². The molecule has 0 aliphatic rings. The van der Waals surface area contributed by atoms with E-state index < -0.39 is 24.6 Å². The van der Waals surface area contributed by atoms with Crippen molar-refractivity contribution >= 4 is 11.9 Å². The molecule has 0 aliphatic heterocycles. The highest BCUT2D eigenvalue weighted by Crippen LogP contribution is 2.20. The number of carbonyl (C=O) groups is 2. The summed E-state index contributed by atoms with van der Waals surface area (Å²) in [7, 11) is 0. The predicted molar refractivity (Wildman–Crippen MR) is 70.3 cm³/mol. The van der Waals surface area contributed by atoms with Crippen LogP contribution in [0.3, 0.4) is 0 Å². The molecular formula is C14H16F3NO3. The summed E-state index contributed by atoms with van der Waals surface area (Å²) in [5.74, 6) is -2.26. The molecule has 0 fully saturated rings. The number of nitrogens with zero attached hydrogens (tertiary/aromatic N) is 1. The molecule has 0 aromatic heterocycles. The molecule has 4 nitrogen and oxygen atoms in total. The van der Waals surface area contributed by atoms with Crippen LogP contribution in [0.5, 0.6) is 0 Å². The molecule has 0 atom stereocenters. The van der Waals surface area contributed by atoms with E-state index in [0.29, 0.717) is 17.7 Å². The molecule has 0 bridgehead atoms. The molecule has 7 heteroatoms. The fourth-order valence-corrected chi connectivity index (χ4v) is 1.84. The van der Waals surface area contributed by atoms with Crippen LogP contribution in [0, 0.1) is 0 Å². The van der Waals surface area contributed by atoms with Gasteiger partial charge in [0.05, 0.1) is 11.1 Å². The zero-order chi connectivity index (χ0) is 16.0.